The third-order valence-electron chi connectivity index (χ3n) is 6.00. The fourth-order valence-corrected chi connectivity index (χ4v) is 4.12. The van der Waals surface area contributed by atoms with Crippen molar-refractivity contribution in [1.29, 1.82) is 0 Å². The first-order chi connectivity index (χ1) is 16.1. The number of aromatic nitrogens is 4. The molecular formula is C25H25N5O3. The Morgan fingerprint density at radius 1 is 1.15 bits per heavy atom. The maximum Gasteiger partial charge on any atom is 0.337 e. The van der Waals surface area contributed by atoms with Gasteiger partial charge in [-0.1, -0.05) is 13.0 Å². The van der Waals surface area contributed by atoms with Gasteiger partial charge in [0.05, 0.1) is 22.8 Å². The Bertz CT molecular complexity index is 1280. The molecule has 0 saturated carbocycles. The number of hydrogen-bond acceptors (Lipinski definition) is 6. The van der Waals surface area contributed by atoms with Gasteiger partial charge in [0.15, 0.2) is 0 Å². The summed E-state index contributed by atoms with van der Waals surface area (Å²) < 4.78 is 5.97. The molecule has 0 radical (unpaired) electrons. The zero-order valence-electron chi connectivity index (χ0n) is 18.4. The van der Waals surface area contributed by atoms with Crippen LogP contribution >= 0.6 is 0 Å². The van der Waals surface area contributed by atoms with E-state index in [0.717, 1.165) is 60.6 Å². The van der Waals surface area contributed by atoms with Gasteiger partial charge in [0.25, 0.3) is 0 Å². The maximum absolute atomic E-state index is 11.1. The number of benzene rings is 1. The molecule has 33 heavy (non-hydrogen) atoms. The number of nitrogens with one attached hydrogen (secondary N) is 1. The van der Waals surface area contributed by atoms with Crippen molar-refractivity contribution < 1.29 is 14.6 Å². The Hall–Kier alpha value is -3.94. The van der Waals surface area contributed by atoms with Crippen LogP contribution in [-0.4, -0.2) is 50.2 Å². The molecule has 0 spiro atoms. The van der Waals surface area contributed by atoms with Crippen LogP contribution in [0.1, 0.15) is 35.7 Å². The summed E-state index contributed by atoms with van der Waals surface area (Å²) in [5.74, 6) is 1.23. The summed E-state index contributed by atoms with van der Waals surface area (Å²) >= 11 is 0. The van der Waals surface area contributed by atoms with Gasteiger partial charge in [0.2, 0.25) is 0 Å². The van der Waals surface area contributed by atoms with E-state index < -0.39 is 5.97 Å². The standard InChI is InChI=1S/C25H25N5O3/c1-2-16-3-5-21-22(11-16)29-24(28-21)17-4-6-23(27-14-17)30-9-7-19(8-10-30)33-20-12-18(25(31)32)13-26-15-20/h3-6,11-15,19H,2,7-10H2,1H3,(H,28,29)(H,31,32). The van der Waals surface area contributed by atoms with Crippen LogP contribution in [0.5, 0.6) is 5.75 Å². The number of hydrogen-bond donors (Lipinski definition) is 2. The highest BCUT2D eigenvalue weighted by atomic mass is 16.5. The van der Waals surface area contributed by atoms with Crippen molar-refractivity contribution in [2.75, 3.05) is 18.0 Å². The van der Waals surface area contributed by atoms with Gasteiger partial charge >= 0.3 is 5.97 Å². The van der Waals surface area contributed by atoms with Crippen molar-refractivity contribution in [3.05, 3.63) is 66.1 Å². The number of anilines is 1. The van der Waals surface area contributed by atoms with Crippen molar-refractivity contribution in [2.24, 2.45) is 0 Å². The van der Waals surface area contributed by atoms with Crippen LogP contribution < -0.4 is 9.64 Å². The van der Waals surface area contributed by atoms with E-state index in [0.29, 0.717) is 5.75 Å². The van der Waals surface area contributed by atoms with E-state index in [9.17, 15) is 4.79 Å². The smallest absolute Gasteiger partial charge is 0.337 e. The highest BCUT2D eigenvalue weighted by Crippen LogP contribution is 2.25. The summed E-state index contributed by atoms with van der Waals surface area (Å²) in [6.07, 6.45) is 7.40. The number of pyridine rings is 2. The van der Waals surface area contributed by atoms with E-state index in [1.54, 1.807) is 6.20 Å². The summed E-state index contributed by atoms with van der Waals surface area (Å²) in [5.41, 5.74) is 4.36. The van der Waals surface area contributed by atoms with Gasteiger partial charge in [0, 0.05) is 43.9 Å². The van der Waals surface area contributed by atoms with Gasteiger partial charge in [-0.25, -0.2) is 14.8 Å². The molecule has 0 amide bonds. The molecule has 1 aliphatic heterocycles. The van der Waals surface area contributed by atoms with Crippen LogP contribution in [0.2, 0.25) is 0 Å². The largest absolute Gasteiger partial charge is 0.489 e. The molecule has 1 aromatic carbocycles. The van der Waals surface area contributed by atoms with Crippen LogP contribution in [0.25, 0.3) is 22.4 Å². The van der Waals surface area contributed by atoms with E-state index in [4.69, 9.17) is 14.8 Å². The number of aromatic carboxylic acids is 1. The second-order valence-electron chi connectivity index (χ2n) is 8.21. The van der Waals surface area contributed by atoms with Crippen molar-refractivity contribution in [1.82, 2.24) is 19.9 Å². The number of fused-ring (bicyclic) bond motifs is 1. The zero-order valence-corrected chi connectivity index (χ0v) is 18.4. The number of aryl methyl sites for hydroxylation is 1. The fraction of sp³-hybridized carbons (Fsp3) is 0.280. The molecule has 1 aliphatic rings. The molecular weight excluding hydrogens is 418 g/mol. The quantitative estimate of drug-likeness (QED) is 0.457. The minimum atomic E-state index is -1.01. The number of nitrogens with zero attached hydrogens (tertiary/aromatic N) is 4. The number of carboxylic acid groups (broad SMARTS) is 1. The van der Waals surface area contributed by atoms with Crippen LogP contribution in [0.15, 0.2) is 55.0 Å². The third kappa shape index (κ3) is 4.50. The molecule has 5 rings (SSSR count). The highest BCUT2D eigenvalue weighted by Gasteiger charge is 2.22. The zero-order chi connectivity index (χ0) is 22.8. The predicted octanol–water partition coefficient (Wildman–Crippen LogP) is 4.33. The summed E-state index contributed by atoms with van der Waals surface area (Å²) in [5, 5.41) is 9.11. The van der Waals surface area contributed by atoms with E-state index >= 15 is 0 Å². The lowest BCUT2D eigenvalue weighted by Gasteiger charge is -2.33. The van der Waals surface area contributed by atoms with E-state index in [-0.39, 0.29) is 11.7 Å². The van der Waals surface area contributed by atoms with Gasteiger partial charge in [-0.3, -0.25) is 4.98 Å². The monoisotopic (exact) mass is 443 g/mol. The van der Waals surface area contributed by atoms with Crippen LogP contribution in [-0.2, 0) is 6.42 Å². The van der Waals surface area contributed by atoms with Crippen LogP contribution in [0, 0.1) is 0 Å². The molecule has 3 aromatic heterocycles. The number of ether oxygens (including phenoxy) is 1. The summed E-state index contributed by atoms with van der Waals surface area (Å²) in [4.78, 5) is 30.1. The van der Waals surface area contributed by atoms with Gasteiger partial charge in [-0.05, 0) is 42.3 Å². The van der Waals surface area contributed by atoms with Crippen molar-refractivity contribution in [3.63, 3.8) is 0 Å². The molecule has 0 bridgehead atoms. The Balaban J connectivity index is 1.22. The number of piperidine rings is 1. The molecule has 4 aromatic rings. The summed E-state index contributed by atoms with van der Waals surface area (Å²) in [7, 11) is 0. The first-order valence-electron chi connectivity index (χ1n) is 11.1. The molecule has 168 valence electrons. The number of rotatable bonds is 6. The van der Waals surface area contributed by atoms with Gasteiger partial charge in [-0.2, -0.15) is 0 Å². The maximum atomic E-state index is 11.1. The number of imidazole rings is 1. The minimum Gasteiger partial charge on any atom is -0.489 e. The first kappa shape index (κ1) is 20.9. The minimum absolute atomic E-state index is 0.0231. The first-order valence-corrected chi connectivity index (χ1v) is 11.1. The van der Waals surface area contributed by atoms with Gasteiger partial charge in [-0.15, -0.1) is 0 Å². The molecule has 0 atom stereocenters. The average Bonchev–Trinajstić information content (AvgIpc) is 3.28. The highest BCUT2D eigenvalue weighted by molar-refractivity contribution is 5.87. The normalized spacial score (nSPS) is 14.5. The molecule has 4 heterocycles. The fourth-order valence-electron chi connectivity index (χ4n) is 4.12. The Morgan fingerprint density at radius 3 is 2.73 bits per heavy atom. The molecule has 0 unspecified atom stereocenters. The Kier molecular flexibility index (Phi) is 5.64. The Labute approximate surface area is 191 Å². The number of H-pyrrole nitrogens is 1. The van der Waals surface area contributed by atoms with Gasteiger partial charge in [0.1, 0.15) is 23.5 Å². The van der Waals surface area contributed by atoms with Crippen LogP contribution in [0.4, 0.5) is 5.82 Å². The van der Waals surface area contributed by atoms with Crippen molar-refractivity contribution in [2.45, 2.75) is 32.3 Å². The molecule has 8 nitrogen and oxygen atoms in total. The van der Waals surface area contributed by atoms with Crippen molar-refractivity contribution in [3.8, 4) is 17.1 Å². The number of carbonyl (C=O) groups is 1. The van der Waals surface area contributed by atoms with Gasteiger partial charge < -0.3 is 19.7 Å². The number of carboxylic acids is 1. The lowest BCUT2D eigenvalue weighted by molar-refractivity contribution is 0.0695. The molecule has 1 fully saturated rings. The van der Waals surface area contributed by atoms with E-state index in [2.05, 4.69) is 45.0 Å². The van der Waals surface area contributed by atoms with Crippen LogP contribution in [0.3, 0.4) is 0 Å². The summed E-state index contributed by atoms with van der Waals surface area (Å²) in [6.45, 7) is 3.77. The second kappa shape index (κ2) is 8.90. The lowest BCUT2D eigenvalue weighted by Crippen LogP contribution is -2.38. The molecule has 0 aliphatic carbocycles. The summed E-state index contributed by atoms with van der Waals surface area (Å²) in [6, 6.07) is 11.9. The Morgan fingerprint density at radius 2 is 2.00 bits per heavy atom. The molecule has 1 saturated heterocycles. The number of aromatic amines is 1. The van der Waals surface area contributed by atoms with E-state index in [1.165, 1.54) is 17.8 Å². The predicted molar refractivity (Wildman–Crippen MR) is 126 cm³/mol. The molecule has 8 heteroatoms. The third-order valence-corrected chi connectivity index (χ3v) is 6.00. The average molecular weight is 444 g/mol. The molecule has 2 N–H and O–H groups in total. The van der Waals surface area contributed by atoms with Crippen molar-refractivity contribution >= 4 is 22.8 Å². The van der Waals surface area contributed by atoms with E-state index in [1.807, 2.05) is 18.3 Å². The topological polar surface area (TPSA) is 104 Å². The second-order valence-corrected chi connectivity index (χ2v) is 8.21. The SMILES string of the molecule is CCc1ccc2nc(-c3ccc(N4CCC(Oc5cncc(C(=O)O)c5)CC4)nc3)[nH]c2c1. The lowest BCUT2D eigenvalue weighted by atomic mass is 10.1.